The fourth-order valence-electron chi connectivity index (χ4n) is 4.03. The third-order valence-corrected chi connectivity index (χ3v) is 5.61. The van der Waals surface area contributed by atoms with E-state index in [9.17, 15) is 14.7 Å². The smallest absolute Gasteiger partial charge is 0.407 e. The molecule has 3 aliphatic heterocycles. The minimum atomic E-state index is -1.06. The van der Waals surface area contributed by atoms with Crippen LogP contribution in [-0.4, -0.2) is 52.4 Å². The molecule has 8 nitrogen and oxygen atoms in total. The van der Waals surface area contributed by atoms with Gasteiger partial charge in [-0.1, -0.05) is 6.07 Å². The van der Waals surface area contributed by atoms with Crippen molar-refractivity contribution in [1.82, 2.24) is 9.88 Å². The molecule has 1 N–H and O–H groups in total. The zero-order valence-electron chi connectivity index (χ0n) is 15.5. The molecule has 4 heterocycles. The van der Waals surface area contributed by atoms with Gasteiger partial charge in [-0.3, -0.25) is 9.78 Å². The van der Waals surface area contributed by atoms with Gasteiger partial charge in [-0.2, -0.15) is 0 Å². The molecule has 148 valence electrons. The minimum Gasteiger partial charge on any atom is -0.478 e. The highest BCUT2D eigenvalue weighted by Gasteiger charge is 2.52. The minimum absolute atomic E-state index is 0.131. The molecule has 3 aliphatic rings. The van der Waals surface area contributed by atoms with Crippen molar-refractivity contribution in [1.29, 1.82) is 0 Å². The first-order valence-corrected chi connectivity index (χ1v) is 9.34. The molecule has 0 saturated carbocycles. The van der Waals surface area contributed by atoms with Gasteiger partial charge >= 0.3 is 6.09 Å². The number of benzene rings is 1. The summed E-state index contributed by atoms with van der Waals surface area (Å²) in [7, 11) is 0. The van der Waals surface area contributed by atoms with Gasteiger partial charge in [0, 0.05) is 43.9 Å². The summed E-state index contributed by atoms with van der Waals surface area (Å²) in [4.78, 5) is 30.2. The van der Waals surface area contributed by atoms with Crippen molar-refractivity contribution in [2.45, 2.75) is 18.4 Å². The van der Waals surface area contributed by atoms with E-state index in [1.165, 1.54) is 4.90 Å². The van der Waals surface area contributed by atoms with E-state index in [0.29, 0.717) is 41.2 Å². The second kappa shape index (κ2) is 6.51. The first kappa shape index (κ1) is 17.5. The Kier molecular flexibility index (Phi) is 3.94. The lowest BCUT2D eigenvalue weighted by Gasteiger charge is -2.36. The number of fused-ring (bicyclic) bond motifs is 1. The third kappa shape index (κ3) is 2.79. The number of hydrogen-bond donors (Lipinski definition) is 1. The summed E-state index contributed by atoms with van der Waals surface area (Å²) in [5, 5.41) is 9.24. The van der Waals surface area contributed by atoms with Crippen molar-refractivity contribution in [2.24, 2.45) is 0 Å². The summed E-state index contributed by atoms with van der Waals surface area (Å²) in [6, 6.07) is 8.96. The molecule has 1 amide bonds. The number of amides is 1. The van der Waals surface area contributed by atoms with Gasteiger partial charge in [0.15, 0.2) is 17.1 Å². The Balaban J connectivity index is 1.57. The topological polar surface area (TPSA) is 98.2 Å². The van der Waals surface area contributed by atoms with Gasteiger partial charge in [-0.15, -0.1) is 0 Å². The maximum Gasteiger partial charge on any atom is 0.407 e. The number of Topliss-reactive ketones (excluding diaryl/α,β-unsaturated/α-hetero) is 1. The van der Waals surface area contributed by atoms with Gasteiger partial charge in [0.05, 0.1) is 5.57 Å². The van der Waals surface area contributed by atoms with Gasteiger partial charge in [0.2, 0.25) is 12.6 Å². The summed E-state index contributed by atoms with van der Waals surface area (Å²) in [5.41, 5.74) is 0.844. The van der Waals surface area contributed by atoms with Gasteiger partial charge in [0.1, 0.15) is 5.76 Å². The van der Waals surface area contributed by atoms with E-state index in [1.807, 2.05) is 6.07 Å². The maximum absolute atomic E-state index is 13.6. The first-order chi connectivity index (χ1) is 14.1. The van der Waals surface area contributed by atoms with E-state index < -0.39 is 11.7 Å². The number of nitrogens with zero attached hydrogens (tertiary/aromatic N) is 2. The van der Waals surface area contributed by atoms with Crippen LogP contribution >= 0.6 is 0 Å². The lowest BCUT2D eigenvalue weighted by molar-refractivity contribution is -0.131. The number of carbonyl (C=O) groups is 2. The van der Waals surface area contributed by atoms with E-state index in [-0.39, 0.29) is 25.7 Å². The van der Waals surface area contributed by atoms with Crippen molar-refractivity contribution >= 4 is 23.2 Å². The van der Waals surface area contributed by atoms with Crippen LogP contribution in [-0.2, 0) is 9.53 Å². The van der Waals surface area contributed by atoms with Gasteiger partial charge < -0.3 is 24.2 Å². The molecule has 0 radical (unpaired) electrons. The second-order valence-electron chi connectivity index (χ2n) is 7.20. The van der Waals surface area contributed by atoms with Gasteiger partial charge in [-0.05, 0) is 29.8 Å². The molecule has 0 atom stereocenters. The van der Waals surface area contributed by atoms with Crippen LogP contribution < -0.4 is 9.47 Å². The summed E-state index contributed by atoms with van der Waals surface area (Å²) >= 11 is 0. The highest BCUT2D eigenvalue weighted by Crippen LogP contribution is 2.47. The Labute approximate surface area is 166 Å². The van der Waals surface area contributed by atoms with E-state index in [1.54, 1.807) is 36.7 Å². The molecule has 1 spiro atoms. The molecular formula is C21H18N2O6. The van der Waals surface area contributed by atoms with Gasteiger partial charge in [-0.25, -0.2) is 4.79 Å². The molecule has 1 aromatic carbocycles. The molecule has 1 saturated heterocycles. The standard InChI is InChI=1S/C21H18N2O6/c24-19-17(14-1-2-15-16(11-14)28-12-27-15)18(13-3-7-22-8-4-13)29-21(19)5-9-23(10-6-21)20(25)26/h1-4,7-8,11H,5-6,9-10,12H2,(H,25,26). The van der Waals surface area contributed by atoms with Crippen molar-refractivity contribution in [3.63, 3.8) is 0 Å². The number of piperidine rings is 1. The van der Waals surface area contributed by atoms with E-state index in [2.05, 4.69) is 4.98 Å². The SMILES string of the molecule is O=C(O)N1CCC2(CC1)OC(c1ccncc1)=C(c1ccc3c(c1)OCO3)C2=O. The molecule has 8 heteroatoms. The molecular weight excluding hydrogens is 376 g/mol. The van der Waals surface area contributed by atoms with Crippen molar-refractivity contribution in [2.75, 3.05) is 19.9 Å². The molecule has 0 aliphatic carbocycles. The summed E-state index contributed by atoms with van der Waals surface area (Å²) in [6.45, 7) is 0.646. The van der Waals surface area contributed by atoms with Crippen molar-refractivity contribution in [3.8, 4) is 11.5 Å². The summed E-state index contributed by atoms with van der Waals surface area (Å²) in [6.07, 6.45) is 2.92. The molecule has 0 unspecified atom stereocenters. The number of rotatable bonds is 2. The Bertz CT molecular complexity index is 1020. The third-order valence-electron chi connectivity index (χ3n) is 5.61. The number of ketones is 1. The first-order valence-electron chi connectivity index (χ1n) is 9.34. The summed E-state index contributed by atoms with van der Waals surface area (Å²) < 4.78 is 17.2. The molecule has 2 aromatic rings. The number of aromatic nitrogens is 1. The number of ether oxygens (including phenoxy) is 3. The quantitative estimate of drug-likeness (QED) is 0.836. The van der Waals surface area contributed by atoms with E-state index in [0.717, 1.165) is 5.56 Å². The predicted molar refractivity (Wildman–Crippen MR) is 101 cm³/mol. The molecule has 0 bridgehead atoms. The maximum atomic E-state index is 13.6. The molecule has 29 heavy (non-hydrogen) atoms. The molecule has 1 fully saturated rings. The van der Waals surface area contributed by atoms with Crippen molar-refractivity contribution < 1.29 is 28.9 Å². The zero-order chi connectivity index (χ0) is 20.0. The molecule has 1 aromatic heterocycles. The van der Waals surface area contributed by atoms with Gasteiger partial charge in [0.25, 0.3) is 0 Å². The highest BCUT2D eigenvalue weighted by atomic mass is 16.7. The Hall–Kier alpha value is -3.55. The van der Waals surface area contributed by atoms with Crippen LogP contribution in [0.25, 0.3) is 11.3 Å². The molecule has 5 rings (SSSR count). The van der Waals surface area contributed by atoms with Crippen LogP contribution in [0.2, 0.25) is 0 Å². The normalized spacial score (nSPS) is 19.6. The number of pyridine rings is 1. The average molecular weight is 394 g/mol. The number of likely N-dealkylation sites (tertiary alicyclic amines) is 1. The number of hydrogen-bond acceptors (Lipinski definition) is 6. The monoisotopic (exact) mass is 394 g/mol. The largest absolute Gasteiger partial charge is 0.478 e. The number of carboxylic acid groups (broad SMARTS) is 1. The lowest BCUT2D eigenvalue weighted by Crippen LogP contribution is -2.50. The second-order valence-corrected chi connectivity index (χ2v) is 7.20. The van der Waals surface area contributed by atoms with Crippen LogP contribution in [0.1, 0.15) is 24.0 Å². The highest BCUT2D eigenvalue weighted by molar-refractivity contribution is 6.33. The Morgan fingerprint density at radius 2 is 1.76 bits per heavy atom. The zero-order valence-corrected chi connectivity index (χ0v) is 15.5. The van der Waals surface area contributed by atoms with Crippen LogP contribution in [0.15, 0.2) is 42.7 Å². The Morgan fingerprint density at radius 1 is 1.03 bits per heavy atom. The van der Waals surface area contributed by atoms with Crippen LogP contribution in [0.3, 0.4) is 0 Å². The fourth-order valence-corrected chi connectivity index (χ4v) is 4.03. The summed E-state index contributed by atoms with van der Waals surface area (Å²) in [5.74, 6) is 1.57. The van der Waals surface area contributed by atoms with Crippen molar-refractivity contribution in [3.05, 3.63) is 53.9 Å². The van der Waals surface area contributed by atoms with Crippen LogP contribution in [0.5, 0.6) is 11.5 Å². The van der Waals surface area contributed by atoms with E-state index in [4.69, 9.17) is 14.2 Å². The lowest BCUT2D eigenvalue weighted by atomic mass is 9.83. The predicted octanol–water partition coefficient (Wildman–Crippen LogP) is 2.79. The Morgan fingerprint density at radius 3 is 2.48 bits per heavy atom. The fraction of sp³-hybridized carbons (Fsp3) is 0.286. The van der Waals surface area contributed by atoms with E-state index >= 15 is 0 Å². The van der Waals surface area contributed by atoms with Crippen LogP contribution in [0, 0.1) is 0 Å². The number of carbonyl (C=O) groups excluding carboxylic acids is 1. The average Bonchev–Trinajstić information content (AvgIpc) is 3.32. The van der Waals surface area contributed by atoms with Crippen LogP contribution in [0.4, 0.5) is 4.79 Å².